The first-order valence-corrected chi connectivity index (χ1v) is 6.02. The van der Waals surface area contributed by atoms with Crippen molar-refractivity contribution in [2.45, 2.75) is 13.3 Å². The molecule has 0 atom stereocenters. The molecule has 0 saturated heterocycles. The minimum atomic E-state index is 0.442. The Balaban J connectivity index is 2.21. The first kappa shape index (κ1) is 11.4. The third kappa shape index (κ3) is 2.55. The predicted molar refractivity (Wildman–Crippen MR) is 67.1 cm³/mol. The third-order valence-electron chi connectivity index (χ3n) is 2.23. The summed E-state index contributed by atoms with van der Waals surface area (Å²) in [6.07, 6.45) is 0.878. The fraction of sp³-hybridized carbons (Fsp3) is 0.167. The summed E-state index contributed by atoms with van der Waals surface area (Å²) in [6, 6.07) is 6.96. The molecule has 1 heterocycles. The van der Waals surface area contributed by atoms with Crippen molar-refractivity contribution in [3.63, 3.8) is 0 Å². The summed E-state index contributed by atoms with van der Waals surface area (Å²) < 4.78 is 5.56. The molecule has 1 aromatic heterocycles. The number of aromatic nitrogens is 1. The molecule has 1 aromatic carbocycles. The Hall–Kier alpha value is -2.06. The van der Waals surface area contributed by atoms with Gasteiger partial charge in [-0.1, -0.05) is 18.3 Å². The van der Waals surface area contributed by atoms with Gasteiger partial charge in [0.05, 0.1) is 23.0 Å². The molecule has 17 heavy (non-hydrogen) atoms. The maximum absolute atomic E-state index is 8.72. The number of hydrogen-bond acceptors (Lipinski definition) is 5. The van der Waals surface area contributed by atoms with Crippen LogP contribution in [-0.2, 0) is 6.42 Å². The standard InChI is InChI=1S/C12H11N3OS/c1-2-9-7-17-12(15-9)16-11-4-3-8(6-13)5-10(11)14/h3-5,7H,2,14H2,1H3. The number of rotatable bonds is 3. The Morgan fingerprint density at radius 3 is 2.94 bits per heavy atom. The molecule has 2 rings (SSSR count). The van der Waals surface area contributed by atoms with E-state index in [2.05, 4.69) is 4.98 Å². The van der Waals surface area contributed by atoms with Crippen molar-refractivity contribution in [2.24, 2.45) is 0 Å². The van der Waals surface area contributed by atoms with E-state index in [-0.39, 0.29) is 0 Å². The van der Waals surface area contributed by atoms with Crippen LogP contribution in [0.25, 0.3) is 0 Å². The number of benzene rings is 1. The van der Waals surface area contributed by atoms with Crippen molar-refractivity contribution in [3.8, 4) is 17.0 Å². The van der Waals surface area contributed by atoms with E-state index in [1.165, 1.54) is 11.3 Å². The lowest BCUT2D eigenvalue weighted by molar-refractivity contribution is 0.479. The van der Waals surface area contributed by atoms with Gasteiger partial charge in [0.1, 0.15) is 0 Å². The summed E-state index contributed by atoms with van der Waals surface area (Å²) in [4.78, 5) is 4.28. The molecule has 0 amide bonds. The predicted octanol–water partition coefficient (Wildman–Crippen LogP) is 2.95. The number of thiazole rings is 1. The first-order valence-electron chi connectivity index (χ1n) is 5.14. The van der Waals surface area contributed by atoms with Crippen LogP contribution in [0.2, 0.25) is 0 Å². The van der Waals surface area contributed by atoms with E-state index in [0.717, 1.165) is 12.1 Å². The van der Waals surface area contributed by atoms with Crippen molar-refractivity contribution in [3.05, 3.63) is 34.8 Å². The molecule has 0 spiro atoms. The number of nitrogen functional groups attached to an aromatic ring is 1. The minimum Gasteiger partial charge on any atom is -0.429 e. The number of nitrogens with two attached hydrogens (primary N) is 1. The van der Waals surface area contributed by atoms with Gasteiger partial charge in [-0.15, -0.1) is 0 Å². The van der Waals surface area contributed by atoms with Crippen LogP contribution in [0, 0.1) is 11.3 Å². The first-order chi connectivity index (χ1) is 8.22. The van der Waals surface area contributed by atoms with Crippen LogP contribution in [0.15, 0.2) is 23.6 Å². The summed E-state index contributed by atoms with van der Waals surface area (Å²) in [7, 11) is 0. The van der Waals surface area contributed by atoms with Crippen LogP contribution in [0.5, 0.6) is 10.9 Å². The average Bonchev–Trinajstić information content (AvgIpc) is 2.79. The Kier molecular flexibility index (Phi) is 3.26. The van der Waals surface area contributed by atoms with Gasteiger partial charge in [-0.2, -0.15) is 5.26 Å². The maximum atomic E-state index is 8.72. The topological polar surface area (TPSA) is 71.9 Å². The lowest BCUT2D eigenvalue weighted by atomic mass is 10.2. The average molecular weight is 245 g/mol. The number of nitriles is 1. The summed E-state index contributed by atoms with van der Waals surface area (Å²) in [5.41, 5.74) is 7.74. The van der Waals surface area contributed by atoms with Crippen molar-refractivity contribution in [2.75, 3.05) is 5.73 Å². The van der Waals surface area contributed by atoms with Crippen LogP contribution in [-0.4, -0.2) is 4.98 Å². The van der Waals surface area contributed by atoms with E-state index >= 15 is 0 Å². The Morgan fingerprint density at radius 1 is 1.53 bits per heavy atom. The smallest absolute Gasteiger partial charge is 0.278 e. The molecule has 2 N–H and O–H groups in total. The fourth-order valence-electron chi connectivity index (χ4n) is 1.30. The van der Waals surface area contributed by atoms with Crippen LogP contribution in [0.4, 0.5) is 5.69 Å². The number of anilines is 1. The van der Waals surface area contributed by atoms with Gasteiger partial charge < -0.3 is 10.5 Å². The van der Waals surface area contributed by atoms with Gasteiger partial charge in [0.25, 0.3) is 5.19 Å². The van der Waals surface area contributed by atoms with Gasteiger partial charge in [0.15, 0.2) is 5.75 Å². The molecule has 0 bridgehead atoms. The van der Waals surface area contributed by atoms with Crippen LogP contribution >= 0.6 is 11.3 Å². The van der Waals surface area contributed by atoms with Crippen molar-refractivity contribution in [1.29, 1.82) is 5.26 Å². The summed E-state index contributed by atoms with van der Waals surface area (Å²) >= 11 is 1.43. The molecule has 0 saturated carbocycles. The number of nitrogens with zero attached hydrogens (tertiary/aromatic N) is 2. The molecule has 4 nitrogen and oxygen atoms in total. The molecule has 0 aliphatic rings. The highest BCUT2D eigenvalue weighted by Gasteiger charge is 2.06. The molecule has 2 aromatic rings. The van der Waals surface area contributed by atoms with Crippen molar-refractivity contribution < 1.29 is 4.74 Å². The number of hydrogen-bond donors (Lipinski definition) is 1. The van der Waals surface area contributed by atoms with Gasteiger partial charge in [-0.25, -0.2) is 4.98 Å². The van der Waals surface area contributed by atoms with Crippen LogP contribution < -0.4 is 10.5 Å². The molecule has 0 aliphatic carbocycles. The Morgan fingerprint density at radius 2 is 2.35 bits per heavy atom. The minimum absolute atomic E-state index is 0.442. The van der Waals surface area contributed by atoms with E-state index in [0.29, 0.717) is 22.2 Å². The lowest BCUT2D eigenvalue weighted by Crippen LogP contribution is -1.93. The Bertz CT molecular complexity index is 571. The highest BCUT2D eigenvalue weighted by atomic mass is 32.1. The zero-order chi connectivity index (χ0) is 12.3. The van der Waals surface area contributed by atoms with E-state index in [4.69, 9.17) is 15.7 Å². The van der Waals surface area contributed by atoms with Gasteiger partial charge >= 0.3 is 0 Å². The monoisotopic (exact) mass is 245 g/mol. The zero-order valence-electron chi connectivity index (χ0n) is 9.30. The molecule has 0 fully saturated rings. The summed E-state index contributed by atoms with van der Waals surface area (Å²) in [5, 5.41) is 11.2. The molecular formula is C12H11N3OS. The number of aryl methyl sites for hydroxylation is 1. The second-order valence-electron chi connectivity index (χ2n) is 3.42. The summed E-state index contributed by atoms with van der Waals surface area (Å²) in [5.74, 6) is 0.529. The Labute approximate surface area is 103 Å². The maximum Gasteiger partial charge on any atom is 0.278 e. The van der Waals surface area contributed by atoms with Gasteiger partial charge in [-0.05, 0) is 24.6 Å². The van der Waals surface area contributed by atoms with Crippen LogP contribution in [0.1, 0.15) is 18.2 Å². The molecule has 0 aliphatic heterocycles. The van der Waals surface area contributed by atoms with E-state index < -0.39 is 0 Å². The second-order valence-corrected chi connectivity index (χ2v) is 4.25. The molecule has 0 radical (unpaired) electrons. The fourth-order valence-corrected chi connectivity index (χ4v) is 2.07. The second kappa shape index (κ2) is 4.85. The van der Waals surface area contributed by atoms with E-state index in [9.17, 15) is 0 Å². The highest BCUT2D eigenvalue weighted by Crippen LogP contribution is 2.30. The van der Waals surface area contributed by atoms with Gasteiger partial charge in [0, 0.05) is 5.38 Å². The molecule has 86 valence electrons. The molecular weight excluding hydrogens is 234 g/mol. The highest BCUT2D eigenvalue weighted by molar-refractivity contribution is 7.11. The zero-order valence-corrected chi connectivity index (χ0v) is 10.1. The summed E-state index contributed by atoms with van der Waals surface area (Å²) in [6.45, 7) is 2.04. The van der Waals surface area contributed by atoms with Crippen molar-refractivity contribution in [1.82, 2.24) is 4.98 Å². The third-order valence-corrected chi connectivity index (χ3v) is 3.00. The molecule has 0 unspecified atom stereocenters. The van der Waals surface area contributed by atoms with Crippen molar-refractivity contribution >= 4 is 17.0 Å². The largest absolute Gasteiger partial charge is 0.429 e. The van der Waals surface area contributed by atoms with Gasteiger partial charge in [0.2, 0.25) is 0 Å². The van der Waals surface area contributed by atoms with Crippen LogP contribution in [0.3, 0.4) is 0 Å². The van der Waals surface area contributed by atoms with E-state index in [1.807, 2.05) is 18.4 Å². The SMILES string of the molecule is CCc1csc(Oc2ccc(C#N)cc2N)n1. The van der Waals surface area contributed by atoms with Gasteiger partial charge in [-0.3, -0.25) is 0 Å². The van der Waals surface area contributed by atoms with E-state index in [1.54, 1.807) is 18.2 Å². The molecule has 5 heteroatoms. The quantitative estimate of drug-likeness (QED) is 0.844. The normalized spacial score (nSPS) is 9.88. The number of ether oxygens (including phenoxy) is 1. The lowest BCUT2D eigenvalue weighted by Gasteiger charge is -2.04.